The second-order valence-electron chi connectivity index (χ2n) is 5.10. The van der Waals surface area contributed by atoms with E-state index >= 15 is 0 Å². The fourth-order valence-electron chi connectivity index (χ4n) is 2.30. The van der Waals surface area contributed by atoms with Gasteiger partial charge in [-0.15, -0.1) is 0 Å². The molecule has 0 aliphatic carbocycles. The molecule has 0 saturated carbocycles. The van der Waals surface area contributed by atoms with E-state index in [4.69, 9.17) is 10.00 Å². The van der Waals surface area contributed by atoms with E-state index in [0.29, 0.717) is 11.5 Å². The van der Waals surface area contributed by atoms with Gasteiger partial charge in [0.05, 0.1) is 17.7 Å². The van der Waals surface area contributed by atoms with E-state index in [1.54, 1.807) is 18.3 Å². The van der Waals surface area contributed by atoms with E-state index < -0.39 is 0 Å². The van der Waals surface area contributed by atoms with Crippen molar-refractivity contribution in [2.75, 3.05) is 23.8 Å². The highest BCUT2D eigenvalue weighted by Crippen LogP contribution is 2.16. The van der Waals surface area contributed by atoms with Crippen molar-refractivity contribution in [3.8, 4) is 6.07 Å². The van der Waals surface area contributed by atoms with E-state index in [0.717, 1.165) is 37.5 Å². The first-order chi connectivity index (χ1) is 10.8. The summed E-state index contributed by atoms with van der Waals surface area (Å²) in [7, 11) is 0. The van der Waals surface area contributed by atoms with E-state index in [-0.39, 0.29) is 6.10 Å². The van der Waals surface area contributed by atoms with Gasteiger partial charge in [0, 0.05) is 25.0 Å². The third-order valence-electron chi connectivity index (χ3n) is 3.46. The minimum Gasteiger partial charge on any atom is -0.376 e. The molecule has 6 heteroatoms. The van der Waals surface area contributed by atoms with E-state index in [9.17, 15) is 0 Å². The summed E-state index contributed by atoms with van der Waals surface area (Å²) in [6, 6.07) is 11.1. The fourth-order valence-corrected chi connectivity index (χ4v) is 2.30. The Bertz CT molecular complexity index is 659. The number of aromatic nitrogens is 2. The fraction of sp³-hybridized carbons (Fsp3) is 0.312. The Balaban J connectivity index is 1.61. The lowest BCUT2D eigenvalue weighted by Gasteiger charge is -2.12. The molecule has 1 unspecified atom stereocenters. The Morgan fingerprint density at radius 1 is 1.27 bits per heavy atom. The third kappa shape index (κ3) is 3.71. The molecule has 2 N–H and O–H groups in total. The summed E-state index contributed by atoms with van der Waals surface area (Å²) in [5.41, 5.74) is 1.47. The molecule has 6 nitrogen and oxygen atoms in total. The maximum Gasteiger partial charge on any atom is 0.229 e. The van der Waals surface area contributed by atoms with Crippen LogP contribution in [0.2, 0.25) is 0 Å². The molecule has 2 heterocycles. The molecular formula is C16H17N5O. The summed E-state index contributed by atoms with van der Waals surface area (Å²) >= 11 is 0. The molecule has 0 spiro atoms. The van der Waals surface area contributed by atoms with Crippen LogP contribution in [0.1, 0.15) is 18.4 Å². The van der Waals surface area contributed by atoms with Crippen LogP contribution in [-0.2, 0) is 4.74 Å². The molecule has 1 fully saturated rings. The van der Waals surface area contributed by atoms with Crippen molar-refractivity contribution < 1.29 is 4.74 Å². The Kier molecular flexibility index (Phi) is 4.47. The minimum absolute atomic E-state index is 0.268. The van der Waals surface area contributed by atoms with E-state index in [2.05, 4.69) is 26.7 Å². The SMILES string of the molecule is N#Cc1ccc(Nc2nccc(NCC3CCCO3)n2)cc1. The van der Waals surface area contributed by atoms with Crippen LogP contribution in [0.15, 0.2) is 36.5 Å². The van der Waals surface area contributed by atoms with Gasteiger partial charge in [-0.25, -0.2) is 4.98 Å². The number of nitrogens with zero attached hydrogens (tertiary/aromatic N) is 3. The van der Waals surface area contributed by atoms with Crippen LogP contribution in [0.5, 0.6) is 0 Å². The number of nitrogens with one attached hydrogen (secondary N) is 2. The number of nitriles is 1. The van der Waals surface area contributed by atoms with Crippen LogP contribution in [0.3, 0.4) is 0 Å². The molecule has 112 valence electrons. The molecule has 1 aliphatic rings. The van der Waals surface area contributed by atoms with Crippen LogP contribution >= 0.6 is 0 Å². The maximum absolute atomic E-state index is 8.79. The lowest BCUT2D eigenvalue weighted by Crippen LogP contribution is -2.19. The monoisotopic (exact) mass is 295 g/mol. The Hall–Kier alpha value is -2.65. The number of hydrogen-bond donors (Lipinski definition) is 2. The average molecular weight is 295 g/mol. The van der Waals surface area contributed by atoms with Gasteiger partial charge in [-0.2, -0.15) is 10.2 Å². The van der Waals surface area contributed by atoms with Crippen molar-refractivity contribution in [1.82, 2.24) is 9.97 Å². The van der Waals surface area contributed by atoms with Crippen molar-refractivity contribution in [2.24, 2.45) is 0 Å². The predicted octanol–water partition coefficient (Wildman–Crippen LogP) is 2.68. The lowest BCUT2D eigenvalue weighted by molar-refractivity contribution is 0.120. The molecule has 1 aliphatic heterocycles. The Morgan fingerprint density at radius 3 is 2.86 bits per heavy atom. The first-order valence-electron chi connectivity index (χ1n) is 7.29. The number of anilines is 3. The maximum atomic E-state index is 8.79. The van der Waals surface area contributed by atoms with Crippen molar-refractivity contribution in [2.45, 2.75) is 18.9 Å². The van der Waals surface area contributed by atoms with E-state index in [1.165, 1.54) is 0 Å². The second-order valence-corrected chi connectivity index (χ2v) is 5.10. The van der Waals surface area contributed by atoms with Crippen LogP contribution in [0.4, 0.5) is 17.5 Å². The minimum atomic E-state index is 0.268. The normalized spacial score (nSPS) is 17.0. The quantitative estimate of drug-likeness (QED) is 0.882. The Labute approximate surface area is 129 Å². The zero-order valence-corrected chi connectivity index (χ0v) is 12.1. The van der Waals surface area contributed by atoms with Crippen LogP contribution in [0.25, 0.3) is 0 Å². The van der Waals surface area contributed by atoms with Crippen molar-refractivity contribution in [1.29, 1.82) is 5.26 Å². The topological polar surface area (TPSA) is 82.9 Å². The smallest absolute Gasteiger partial charge is 0.229 e. The van der Waals surface area contributed by atoms with E-state index in [1.807, 2.05) is 18.2 Å². The summed E-state index contributed by atoms with van der Waals surface area (Å²) in [5, 5.41) is 15.2. The molecule has 3 rings (SSSR count). The zero-order valence-electron chi connectivity index (χ0n) is 12.1. The first kappa shape index (κ1) is 14.3. The first-order valence-corrected chi connectivity index (χ1v) is 7.29. The van der Waals surface area contributed by atoms with Gasteiger partial charge in [-0.3, -0.25) is 0 Å². The second kappa shape index (κ2) is 6.87. The molecule has 1 aromatic carbocycles. The summed E-state index contributed by atoms with van der Waals surface area (Å²) in [5.74, 6) is 1.28. The molecule has 0 amide bonds. The standard InChI is InChI=1S/C16H17N5O/c17-10-12-3-5-13(6-4-12)20-16-18-8-7-15(21-16)19-11-14-2-1-9-22-14/h3-8,14H,1-2,9,11H2,(H2,18,19,20,21). The van der Waals surface area contributed by atoms with Gasteiger partial charge >= 0.3 is 0 Å². The third-order valence-corrected chi connectivity index (χ3v) is 3.46. The average Bonchev–Trinajstić information content (AvgIpc) is 3.08. The van der Waals surface area contributed by atoms with Gasteiger partial charge in [0.2, 0.25) is 5.95 Å². The highest BCUT2D eigenvalue weighted by molar-refractivity contribution is 5.56. The summed E-state index contributed by atoms with van der Waals surface area (Å²) in [4.78, 5) is 8.62. The molecule has 1 aromatic heterocycles. The van der Waals surface area contributed by atoms with Gasteiger partial charge in [0.1, 0.15) is 5.82 Å². The number of benzene rings is 1. The summed E-state index contributed by atoms with van der Waals surface area (Å²) in [6.07, 6.45) is 4.19. The highest BCUT2D eigenvalue weighted by atomic mass is 16.5. The Morgan fingerprint density at radius 2 is 2.14 bits per heavy atom. The largest absolute Gasteiger partial charge is 0.376 e. The van der Waals surface area contributed by atoms with Crippen molar-refractivity contribution in [3.63, 3.8) is 0 Å². The van der Waals surface area contributed by atoms with Gasteiger partial charge in [-0.1, -0.05) is 0 Å². The van der Waals surface area contributed by atoms with Gasteiger partial charge in [-0.05, 0) is 43.2 Å². The lowest BCUT2D eigenvalue weighted by atomic mass is 10.2. The highest BCUT2D eigenvalue weighted by Gasteiger charge is 2.15. The molecule has 2 aromatic rings. The molecule has 22 heavy (non-hydrogen) atoms. The van der Waals surface area contributed by atoms with Gasteiger partial charge < -0.3 is 15.4 Å². The molecule has 0 radical (unpaired) electrons. The van der Waals surface area contributed by atoms with Crippen LogP contribution in [0, 0.1) is 11.3 Å². The van der Waals surface area contributed by atoms with Crippen LogP contribution < -0.4 is 10.6 Å². The van der Waals surface area contributed by atoms with Gasteiger partial charge in [0.25, 0.3) is 0 Å². The van der Waals surface area contributed by atoms with Crippen molar-refractivity contribution in [3.05, 3.63) is 42.1 Å². The molecular weight excluding hydrogens is 278 g/mol. The van der Waals surface area contributed by atoms with Crippen molar-refractivity contribution >= 4 is 17.5 Å². The summed E-state index contributed by atoms with van der Waals surface area (Å²) < 4.78 is 5.57. The van der Waals surface area contributed by atoms with Gasteiger partial charge in [0.15, 0.2) is 0 Å². The molecule has 1 atom stereocenters. The molecule has 1 saturated heterocycles. The van der Waals surface area contributed by atoms with Crippen LogP contribution in [-0.4, -0.2) is 29.2 Å². The zero-order chi connectivity index (χ0) is 15.2. The number of rotatable bonds is 5. The predicted molar refractivity (Wildman–Crippen MR) is 83.9 cm³/mol. The number of ether oxygens (including phenoxy) is 1. The summed E-state index contributed by atoms with van der Waals surface area (Å²) in [6.45, 7) is 1.61. The molecule has 0 bridgehead atoms. The number of hydrogen-bond acceptors (Lipinski definition) is 6.